The molecule has 1 aliphatic heterocycles. The molecule has 122 valence electrons. The maximum atomic E-state index is 12.2. The molecule has 1 fully saturated rings. The van der Waals surface area contributed by atoms with Crippen LogP contribution in [-0.2, 0) is 11.3 Å². The Balaban J connectivity index is 1.77. The molecule has 2 aromatic heterocycles. The van der Waals surface area contributed by atoms with Gasteiger partial charge in [0.2, 0.25) is 5.91 Å². The van der Waals surface area contributed by atoms with Crippen molar-refractivity contribution in [1.82, 2.24) is 19.6 Å². The Hall–Kier alpha value is -1.92. The smallest absolute Gasteiger partial charge is 0.258 e. The Labute approximate surface area is 139 Å². The van der Waals surface area contributed by atoms with Gasteiger partial charge in [0.15, 0.2) is 0 Å². The highest BCUT2D eigenvalue weighted by molar-refractivity contribution is 6.30. The first-order valence-corrected chi connectivity index (χ1v) is 8.06. The van der Waals surface area contributed by atoms with Gasteiger partial charge in [0, 0.05) is 38.3 Å². The summed E-state index contributed by atoms with van der Waals surface area (Å²) in [5, 5.41) is 3.47. The quantitative estimate of drug-likeness (QED) is 0.922. The Morgan fingerprint density at radius 1 is 1.48 bits per heavy atom. The van der Waals surface area contributed by atoms with Crippen molar-refractivity contribution in [2.75, 3.05) is 13.1 Å². The predicted octanol–water partition coefficient (Wildman–Crippen LogP) is 1.45. The molecule has 3 rings (SSSR count). The van der Waals surface area contributed by atoms with Crippen LogP contribution in [0.4, 0.5) is 0 Å². The van der Waals surface area contributed by atoms with Crippen molar-refractivity contribution in [2.24, 2.45) is 0 Å². The number of nitrogens with zero attached hydrogens (tertiary/aromatic N) is 3. The lowest BCUT2D eigenvalue weighted by Crippen LogP contribution is -2.46. The highest BCUT2D eigenvalue weighted by Crippen LogP contribution is 2.14. The molecule has 0 aromatic carbocycles. The summed E-state index contributed by atoms with van der Waals surface area (Å²) in [4.78, 5) is 30.1. The number of fused-ring (bicyclic) bond motifs is 1. The van der Waals surface area contributed by atoms with Gasteiger partial charge in [0.25, 0.3) is 5.56 Å². The number of likely N-dealkylation sites (tertiary alicyclic amines) is 1. The van der Waals surface area contributed by atoms with Gasteiger partial charge in [0.1, 0.15) is 5.65 Å². The minimum Gasteiger partial charge on any atom is -0.352 e. The van der Waals surface area contributed by atoms with E-state index in [0.29, 0.717) is 17.2 Å². The fourth-order valence-electron chi connectivity index (χ4n) is 3.04. The Kier molecular flexibility index (Phi) is 4.63. The van der Waals surface area contributed by atoms with Crippen LogP contribution in [0.1, 0.15) is 25.5 Å². The van der Waals surface area contributed by atoms with Crippen molar-refractivity contribution in [2.45, 2.75) is 32.4 Å². The average molecular weight is 335 g/mol. The fraction of sp³-hybridized carbons (Fsp3) is 0.438. The van der Waals surface area contributed by atoms with Crippen LogP contribution in [0.25, 0.3) is 5.65 Å². The summed E-state index contributed by atoms with van der Waals surface area (Å²) in [6.45, 7) is 3.86. The van der Waals surface area contributed by atoms with Crippen molar-refractivity contribution < 1.29 is 4.79 Å². The van der Waals surface area contributed by atoms with E-state index in [1.165, 1.54) is 11.3 Å². The number of piperidine rings is 1. The van der Waals surface area contributed by atoms with Gasteiger partial charge in [-0.05, 0) is 31.5 Å². The molecular formula is C16H19ClN4O2. The van der Waals surface area contributed by atoms with Crippen molar-refractivity contribution in [3.63, 3.8) is 0 Å². The van der Waals surface area contributed by atoms with Gasteiger partial charge in [-0.3, -0.25) is 18.9 Å². The largest absolute Gasteiger partial charge is 0.352 e. The van der Waals surface area contributed by atoms with Crippen LogP contribution in [-0.4, -0.2) is 39.3 Å². The first-order valence-electron chi connectivity index (χ1n) is 7.68. The topological polar surface area (TPSA) is 66.7 Å². The summed E-state index contributed by atoms with van der Waals surface area (Å²) in [7, 11) is 0. The summed E-state index contributed by atoms with van der Waals surface area (Å²) < 4.78 is 1.45. The Morgan fingerprint density at radius 3 is 3.09 bits per heavy atom. The number of rotatable bonds is 3. The molecule has 7 heteroatoms. The molecule has 23 heavy (non-hydrogen) atoms. The van der Waals surface area contributed by atoms with Crippen LogP contribution >= 0.6 is 11.6 Å². The molecule has 1 unspecified atom stereocenters. The zero-order valence-corrected chi connectivity index (χ0v) is 13.7. The van der Waals surface area contributed by atoms with E-state index in [1.807, 2.05) is 0 Å². The third-order valence-corrected chi connectivity index (χ3v) is 4.20. The zero-order chi connectivity index (χ0) is 16.4. The summed E-state index contributed by atoms with van der Waals surface area (Å²) >= 11 is 5.91. The molecule has 0 saturated carbocycles. The van der Waals surface area contributed by atoms with Gasteiger partial charge < -0.3 is 5.32 Å². The normalized spacial score (nSPS) is 19.0. The van der Waals surface area contributed by atoms with Gasteiger partial charge >= 0.3 is 0 Å². The minimum atomic E-state index is -0.136. The van der Waals surface area contributed by atoms with E-state index in [2.05, 4.69) is 15.2 Å². The third kappa shape index (κ3) is 3.89. The zero-order valence-electron chi connectivity index (χ0n) is 13.0. The number of amides is 1. The van der Waals surface area contributed by atoms with Gasteiger partial charge in [-0.1, -0.05) is 11.6 Å². The molecule has 0 radical (unpaired) electrons. The van der Waals surface area contributed by atoms with Gasteiger partial charge in [-0.2, -0.15) is 0 Å². The second kappa shape index (κ2) is 6.68. The maximum Gasteiger partial charge on any atom is 0.258 e. The Bertz CT molecular complexity index is 789. The Morgan fingerprint density at radius 2 is 2.30 bits per heavy atom. The molecule has 1 saturated heterocycles. The standard InChI is InChI=1S/C16H19ClN4O2/c1-11(22)18-13-3-2-6-20(9-13)10-14-7-16(23)21-8-12(17)4-5-15(21)19-14/h4-5,7-8,13H,2-3,6,9-10H2,1H3,(H,18,22). The van der Waals surface area contributed by atoms with Crippen LogP contribution in [0.5, 0.6) is 0 Å². The van der Waals surface area contributed by atoms with Crippen molar-refractivity contribution in [3.05, 3.63) is 45.5 Å². The van der Waals surface area contributed by atoms with Crippen molar-refractivity contribution >= 4 is 23.2 Å². The monoisotopic (exact) mass is 334 g/mol. The SMILES string of the molecule is CC(=O)NC1CCCN(Cc2cc(=O)n3cc(Cl)ccc3n2)C1. The molecule has 3 heterocycles. The second-order valence-electron chi connectivity index (χ2n) is 5.94. The summed E-state index contributed by atoms with van der Waals surface area (Å²) in [5.41, 5.74) is 1.19. The lowest BCUT2D eigenvalue weighted by atomic mass is 10.1. The fourth-order valence-corrected chi connectivity index (χ4v) is 3.20. The van der Waals surface area contributed by atoms with E-state index in [9.17, 15) is 9.59 Å². The van der Waals surface area contributed by atoms with E-state index in [1.54, 1.807) is 24.4 Å². The van der Waals surface area contributed by atoms with E-state index < -0.39 is 0 Å². The van der Waals surface area contributed by atoms with E-state index in [4.69, 9.17) is 11.6 Å². The maximum absolute atomic E-state index is 12.2. The van der Waals surface area contributed by atoms with Crippen LogP contribution in [0.2, 0.25) is 5.02 Å². The van der Waals surface area contributed by atoms with Gasteiger partial charge in [-0.25, -0.2) is 4.98 Å². The highest BCUT2D eigenvalue weighted by Gasteiger charge is 2.21. The minimum absolute atomic E-state index is 0.00389. The highest BCUT2D eigenvalue weighted by atomic mass is 35.5. The molecule has 1 aliphatic rings. The number of carbonyl (C=O) groups is 1. The van der Waals surface area contributed by atoms with E-state index in [0.717, 1.165) is 31.6 Å². The van der Waals surface area contributed by atoms with Crippen molar-refractivity contribution in [1.29, 1.82) is 0 Å². The number of pyridine rings is 1. The summed E-state index contributed by atoms with van der Waals surface area (Å²) in [6.07, 6.45) is 3.58. The van der Waals surface area contributed by atoms with Crippen molar-refractivity contribution in [3.8, 4) is 0 Å². The number of halogens is 1. The average Bonchev–Trinajstić information content (AvgIpc) is 2.48. The lowest BCUT2D eigenvalue weighted by Gasteiger charge is -2.32. The molecule has 0 bridgehead atoms. The molecule has 0 aliphatic carbocycles. The number of nitrogens with one attached hydrogen (secondary N) is 1. The molecule has 0 spiro atoms. The molecule has 1 atom stereocenters. The van der Waals surface area contributed by atoms with Crippen LogP contribution in [0, 0.1) is 0 Å². The number of hydrogen-bond acceptors (Lipinski definition) is 4. The van der Waals surface area contributed by atoms with Gasteiger partial charge in [0.05, 0.1) is 10.7 Å². The molecule has 6 nitrogen and oxygen atoms in total. The second-order valence-corrected chi connectivity index (χ2v) is 6.37. The number of hydrogen-bond donors (Lipinski definition) is 1. The first-order chi connectivity index (χ1) is 11.0. The molecule has 2 aromatic rings. The summed E-state index contributed by atoms with van der Waals surface area (Å²) in [5.74, 6) is -0.00389. The van der Waals surface area contributed by atoms with Gasteiger partial charge in [-0.15, -0.1) is 0 Å². The lowest BCUT2D eigenvalue weighted by molar-refractivity contribution is -0.120. The first kappa shape index (κ1) is 16.0. The third-order valence-electron chi connectivity index (χ3n) is 3.98. The van der Waals surface area contributed by atoms with Crippen LogP contribution < -0.4 is 10.9 Å². The van der Waals surface area contributed by atoms with Crippen LogP contribution in [0.15, 0.2) is 29.2 Å². The molecule has 1 N–H and O–H groups in total. The summed E-state index contributed by atoms with van der Waals surface area (Å²) in [6, 6.07) is 5.18. The number of aromatic nitrogens is 2. The molecular weight excluding hydrogens is 316 g/mol. The van der Waals surface area contributed by atoms with E-state index >= 15 is 0 Å². The van der Waals surface area contributed by atoms with E-state index in [-0.39, 0.29) is 17.5 Å². The molecule has 1 amide bonds. The number of carbonyl (C=O) groups excluding carboxylic acids is 1. The predicted molar refractivity (Wildman–Crippen MR) is 88.6 cm³/mol. The van der Waals surface area contributed by atoms with Crippen LogP contribution in [0.3, 0.4) is 0 Å².